The van der Waals surface area contributed by atoms with Crippen LogP contribution in [-0.4, -0.2) is 29.2 Å². The van der Waals surface area contributed by atoms with Crippen LogP contribution in [0.25, 0.3) is 17.4 Å². The minimum Gasteiger partial charge on any atom is -0.494 e. The number of hydrogen-bond acceptors (Lipinski definition) is 9. The Morgan fingerprint density at radius 1 is 1.19 bits per heavy atom. The zero-order valence-corrected chi connectivity index (χ0v) is 26.8. The van der Waals surface area contributed by atoms with Gasteiger partial charge in [0.25, 0.3) is 11.2 Å². The summed E-state index contributed by atoms with van der Waals surface area (Å²) < 4.78 is 20.2. The lowest BCUT2D eigenvalue weighted by Crippen LogP contribution is -2.39. The van der Waals surface area contributed by atoms with E-state index in [4.69, 9.17) is 13.9 Å². The molecule has 0 saturated carbocycles. The summed E-state index contributed by atoms with van der Waals surface area (Å²) in [5, 5.41) is 11.4. The van der Waals surface area contributed by atoms with Gasteiger partial charge in [-0.15, -0.1) is 0 Å². The van der Waals surface area contributed by atoms with Crippen molar-refractivity contribution in [2.45, 2.75) is 26.8 Å². The van der Waals surface area contributed by atoms with Crippen LogP contribution in [0.4, 0.5) is 5.69 Å². The van der Waals surface area contributed by atoms with E-state index in [9.17, 15) is 19.7 Å². The molecule has 4 aromatic rings. The Balaban J connectivity index is 1.69. The van der Waals surface area contributed by atoms with Gasteiger partial charge in [-0.05, 0) is 94.1 Å². The lowest BCUT2D eigenvalue weighted by Gasteiger charge is -2.22. The topological polar surface area (TPSA) is 126 Å². The van der Waals surface area contributed by atoms with Gasteiger partial charge in [-0.1, -0.05) is 17.4 Å². The molecule has 0 N–H and O–H groups in total. The first-order chi connectivity index (χ1) is 20.0. The zero-order valence-electron chi connectivity index (χ0n) is 22.8. The van der Waals surface area contributed by atoms with Crippen molar-refractivity contribution in [1.29, 1.82) is 0 Å². The fourth-order valence-electron chi connectivity index (χ4n) is 4.70. The largest absolute Gasteiger partial charge is 0.494 e. The van der Waals surface area contributed by atoms with Crippen LogP contribution in [0.15, 0.2) is 76.9 Å². The Morgan fingerprint density at radius 2 is 1.90 bits per heavy atom. The number of carbonyl (C=O) groups is 1. The lowest BCUT2D eigenvalue weighted by atomic mass is 10.0. The standard InChI is InChI=1S/C29H23Br2N3O7S/c1-5-40-28(36)24-15(3)32-29-33(27(35)23(42-29)12-16-10-19(30)26(39-4)20(31)11-16)25(24)22-9-8-21(41-22)18-13-17(34(37)38)7-6-14(18)2/h6-13,25H,5H2,1-4H3/b23-12-/t25-/m1/s1. The number of methoxy groups -OCH3 is 1. The van der Waals surface area contributed by atoms with Crippen molar-refractivity contribution in [2.75, 3.05) is 13.7 Å². The molecule has 0 spiro atoms. The lowest BCUT2D eigenvalue weighted by molar-refractivity contribution is -0.384. The minimum absolute atomic E-state index is 0.0821. The molecule has 0 amide bonds. The molecule has 1 atom stereocenters. The van der Waals surface area contributed by atoms with E-state index in [2.05, 4.69) is 36.9 Å². The molecular weight excluding hydrogens is 694 g/mol. The number of carbonyl (C=O) groups excluding carboxylic acids is 1. The summed E-state index contributed by atoms with van der Waals surface area (Å²) in [6.45, 7) is 5.32. The van der Waals surface area contributed by atoms with Crippen LogP contribution in [0.1, 0.15) is 36.8 Å². The van der Waals surface area contributed by atoms with Crippen LogP contribution in [0.5, 0.6) is 5.75 Å². The van der Waals surface area contributed by atoms with Crippen molar-refractivity contribution in [3.8, 4) is 17.1 Å². The molecule has 42 heavy (non-hydrogen) atoms. The summed E-state index contributed by atoms with van der Waals surface area (Å²) in [4.78, 5) is 43.0. The molecule has 0 saturated heterocycles. The molecule has 5 rings (SSSR count). The highest BCUT2D eigenvalue weighted by atomic mass is 79.9. The van der Waals surface area contributed by atoms with Gasteiger partial charge in [-0.25, -0.2) is 9.79 Å². The van der Waals surface area contributed by atoms with E-state index in [-0.39, 0.29) is 29.2 Å². The first kappa shape index (κ1) is 29.7. The Bertz CT molecular complexity index is 1950. The van der Waals surface area contributed by atoms with Gasteiger partial charge < -0.3 is 13.9 Å². The van der Waals surface area contributed by atoms with Crippen molar-refractivity contribution in [3.63, 3.8) is 0 Å². The highest BCUT2D eigenvalue weighted by Crippen LogP contribution is 2.37. The number of rotatable bonds is 7. The van der Waals surface area contributed by atoms with Gasteiger partial charge in [0.2, 0.25) is 0 Å². The summed E-state index contributed by atoms with van der Waals surface area (Å²) in [6, 6.07) is 10.5. The van der Waals surface area contributed by atoms with Crippen LogP contribution in [0.3, 0.4) is 0 Å². The SMILES string of the molecule is CCOC(=O)C1=C(C)N=c2s/c(=C\c3cc(Br)c(OC)c(Br)c3)c(=O)n2[C@@H]1c1ccc(-c2cc([N+](=O)[O-])ccc2C)o1. The number of nitro groups is 1. The van der Waals surface area contributed by atoms with Gasteiger partial charge in [-0.2, -0.15) is 0 Å². The number of nitrogens with zero attached hydrogens (tertiary/aromatic N) is 3. The number of nitro benzene ring substituents is 1. The monoisotopic (exact) mass is 715 g/mol. The smallest absolute Gasteiger partial charge is 0.338 e. The molecule has 1 aliphatic heterocycles. The van der Waals surface area contributed by atoms with Gasteiger partial charge in [0, 0.05) is 17.7 Å². The molecule has 2 aromatic heterocycles. The number of fused-ring (bicyclic) bond motifs is 1. The maximum absolute atomic E-state index is 13.9. The molecule has 0 fully saturated rings. The van der Waals surface area contributed by atoms with Crippen molar-refractivity contribution < 1.29 is 23.6 Å². The number of benzene rings is 2. The zero-order chi connectivity index (χ0) is 30.3. The number of allylic oxidation sites excluding steroid dienone is 1. The number of aryl methyl sites for hydroxylation is 1. The summed E-state index contributed by atoms with van der Waals surface area (Å²) >= 11 is 8.16. The van der Waals surface area contributed by atoms with Crippen LogP contribution in [-0.2, 0) is 9.53 Å². The van der Waals surface area contributed by atoms with E-state index in [0.29, 0.717) is 41.0 Å². The average Bonchev–Trinajstić information content (AvgIpc) is 3.53. The number of furan rings is 1. The maximum atomic E-state index is 13.9. The predicted molar refractivity (Wildman–Crippen MR) is 164 cm³/mol. The van der Waals surface area contributed by atoms with Gasteiger partial charge >= 0.3 is 5.97 Å². The Hall–Kier alpha value is -3.81. The summed E-state index contributed by atoms with van der Waals surface area (Å²) in [5.41, 5.74) is 2.13. The highest BCUT2D eigenvalue weighted by molar-refractivity contribution is 9.11. The second kappa shape index (κ2) is 11.8. The van der Waals surface area contributed by atoms with E-state index < -0.39 is 16.9 Å². The van der Waals surface area contributed by atoms with Crippen LogP contribution in [0, 0.1) is 17.0 Å². The summed E-state index contributed by atoms with van der Waals surface area (Å²) in [7, 11) is 1.56. The van der Waals surface area contributed by atoms with Crippen LogP contribution >= 0.6 is 43.2 Å². The maximum Gasteiger partial charge on any atom is 0.338 e. The molecular formula is C29H23Br2N3O7S. The molecule has 0 radical (unpaired) electrons. The van der Waals surface area contributed by atoms with Gasteiger partial charge in [0.15, 0.2) is 4.80 Å². The quantitative estimate of drug-likeness (QED) is 0.134. The van der Waals surface area contributed by atoms with Gasteiger partial charge in [-0.3, -0.25) is 19.5 Å². The Morgan fingerprint density at radius 3 is 2.55 bits per heavy atom. The second-order valence-corrected chi connectivity index (χ2v) is 12.0. The molecule has 3 heterocycles. The van der Waals surface area contributed by atoms with E-state index >= 15 is 0 Å². The fraction of sp³-hybridized carbons (Fsp3) is 0.207. The molecule has 1 aliphatic rings. The van der Waals surface area contributed by atoms with E-state index in [1.165, 1.54) is 28.0 Å². The molecule has 10 nitrogen and oxygen atoms in total. The molecule has 0 aliphatic carbocycles. The number of esters is 1. The van der Waals surface area contributed by atoms with Crippen molar-refractivity contribution in [3.05, 3.63) is 109 Å². The van der Waals surface area contributed by atoms with Gasteiger partial charge in [0.1, 0.15) is 23.3 Å². The number of ether oxygens (including phenoxy) is 2. The van der Waals surface area contributed by atoms with Crippen molar-refractivity contribution in [2.24, 2.45) is 4.99 Å². The minimum atomic E-state index is -0.968. The van der Waals surface area contributed by atoms with Crippen LogP contribution < -0.4 is 19.6 Å². The third kappa shape index (κ3) is 5.39. The van der Waals surface area contributed by atoms with Gasteiger partial charge in [0.05, 0.1) is 43.4 Å². The molecule has 13 heteroatoms. The number of aromatic nitrogens is 1. The first-order valence-electron chi connectivity index (χ1n) is 12.6. The number of thiazole rings is 1. The normalized spacial score (nSPS) is 14.9. The molecule has 2 aromatic carbocycles. The van der Waals surface area contributed by atoms with Crippen molar-refractivity contribution in [1.82, 2.24) is 4.57 Å². The Kier molecular flexibility index (Phi) is 8.35. The first-order valence-corrected chi connectivity index (χ1v) is 15.0. The van der Waals surface area contributed by atoms with E-state index in [0.717, 1.165) is 11.1 Å². The third-order valence-electron chi connectivity index (χ3n) is 6.63. The second-order valence-electron chi connectivity index (χ2n) is 9.28. The highest BCUT2D eigenvalue weighted by Gasteiger charge is 2.35. The van der Waals surface area contributed by atoms with E-state index in [1.807, 2.05) is 19.1 Å². The van der Waals surface area contributed by atoms with Crippen molar-refractivity contribution >= 4 is 60.9 Å². The number of halogens is 2. The van der Waals surface area contributed by atoms with E-state index in [1.54, 1.807) is 45.2 Å². The third-order valence-corrected chi connectivity index (χ3v) is 8.79. The predicted octanol–water partition coefficient (Wildman–Crippen LogP) is 5.81. The molecule has 216 valence electrons. The fourth-order valence-corrected chi connectivity index (χ4v) is 7.30. The molecule has 0 bridgehead atoms. The summed E-state index contributed by atoms with van der Waals surface area (Å²) in [6.07, 6.45) is 1.74. The number of non-ortho nitro benzene ring substituents is 1. The Labute approximate surface area is 260 Å². The number of hydrogen-bond donors (Lipinski definition) is 0. The van der Waals surface area contributed by atoms with Crippen LogP contribution in [0.2, 0.25) is 0 Å². The average molecular weight is 717 g/mol. The summed E-state index contributed by atoms with van der Waals surface area (Å²) in [5.74, 6) is 0.649. The molecule has 0 unspecified atom stereocenters.